The lowest BCUT2D eigenvalue weighted by Gasteiger charge is -2.11. The Morgan fingerprint density at radius 3 is 2.50 bits per heavy atom. The lowest BCUT2D eigenvalue weighted by atomic mass is 10.2. The standard InChI is InChI=1S/C17H19ClN2O4S.ClH/c1-12-9-13(23-8-4-7-17(19)20)11-14(10-12)24-25(21,22)16-6-3-2-5-15(16)18;/h2-3,5-6,9-11H,4,7-8H2,1H3,(H3,19,20);1H. The SMILES string of the molecule is Cc1cc(OCCCC(=N)N)cc(OS(=O)(=O)c2ccccc2Cl)c1.Cl. The first-order valence-corrected chi connectivity index (χ1v) is 9.33. The summed E-state index contributed by atoms with van der Waals surface area (Å²) in [6, 6.07) is 10.9. The lowest BCUT2D eigenvalue weighted by molar-refractivity contribution is 0.312. The van der Waals surface area contributed by atoms with Gasteiger partial charge in [-0.15, -0.1) is 12.4 Å². The molecule has 0 aliphatic rings. The fraction of sp³-hybridized carbons (Fsp3) is 0.235. The number of hydrogen-bond acceptors (Lipinski definition) is 5. The van der Waals surface area contributed by atoms with Gasteiger partial charge in [-0.1, -0.05) is 23.7 Å². The minimum atomic E-state index is -4.05. The van der Waals surface area contributed by atoms with Gasteiger partial charge in [0.2, 0.25) is 0 Å². The highest BCUT2D eigenvalue weighted by molar-refractivity contribution is 7.87. The third-order valence-corrected chi connectivity index (χ3v) is 4.94. The molecule has 0 aliphatic carbocycles. The van der Waals surface area contributed by atoms with Crippen LogP contribution in [0.25, 0.3) is 0 Å². The summed E-state index contributed by atoms with van der Waals surface area (Å²) in [4.78, 5) is -0.0953. The summed E-state index contributed by atoms with van der Waals surface area (Å²) in [5.41, 5.74) is 6.07. The van der Waals surface area contributed by atoms with E-state index in [1.165, 1.54) is 18.2 Å². The maximum atomic E-state index is 12.4. The van der Waals surface area contributed by atoms with E-state index in [-0.39, 0.29) is 33.9 Å². The molecule has 0 aliphatic heterocycles. The fourth-order valence-corrected chi connectivity index (χ4v) is 3.53. The van der Waals surface area contributed by atoms with E-state index in [4.69, 9.17) is 31.7 Å². The molecule has 0 saturated heterocycles. The molecule has 142 valence electrons. The highest BCUT2D eigenvalue weighted by Crippen LogP contribution is 2.28. The van der Waals surface area contributed by atoms with Gasteiger partial charge in [0, 0.05) is 12.5 Å². The highest BCUT2D eigenvalue weighted by atomic mass is 35.5. The van der Waals surface area contributed by atoms with Gasteiger partial charge in [-0.05, 0) is 43.2 Å². The van der Waals surface area contributed by atoms with Gasteiger partial charge >= 0.3 is 10.1 Å². The summed E-state index contributed by atoms with van der Waals surface area (Å²) < 4.78 is 35.5. The van der Waals surface area contributed by atoms with Crippen molar-refractivity contribution in [3.63, 3.8) is 0 Å². The highest BCUT2D eigenvalue weighted by Gasteiger charge is 2.20. The monoisotopic (exact) mass is 418 g/mol. The van der Waals surface area contributed by atoms with Crippen LogP contribution in [0.15, 0.2) is 47.4 Å². The van der Waals surface area contributed by atoms with E-state index in [1.807, 2.05) is 0 Å². The van der Waals surface area contributed by atoms with E-state index >= 15 is 0 Å². The number of nitrogens with one attached hydrogen (secondary N) is 1. The van der Waals surface area contributed by atoms with Gasteiger partial charge in [0.05, 0.1) is 17.5 Å². The Hall–Kier alpha value is -1.96. The van der Waals surface area contributed by atoms with E-state index in [0.717, 1.165) is 5.56 Å². The van der Waals surface area contributed by atoms with E-state index in [2.05, 4.69) is 0 Å². The predicted molar refractivity (Wildman–Crippen MR) is 104 cm³/mol. The van der Waals surface area contributed by atoms with Gasteiger partial charge in [-0.25, -0.2) is 0 Å². The number of hydrogen-bond donors (Lipinski definition) is 2. The van der Waals surface area contributed by atoms with Crippen molar-refractivity contribution in [2.75, 3.05) is 6.61 Å². The minimum absolute atomic E-state index is 0. The zero-order chi connectivity index (χ0) is 18.4. The van der Waals surface area contributed by atoms with Crippen LogP contribution in [0.4, 0.5) is 0 Å². The van der Waals surface area contributed by atoms with Crippen molar-refractivity contribution >= 4 is 40.0 Å². The molecule has 0 atom stereocenters. The molecule has 0 saturated carbocycles. The first-order valence-electron chi connectivity index (χ1n) is 7.54. The minimum Gasteiger partial charge on any atom is -0.493 e. The normalized spacial score (nSPS) is 10.7. The summed E-state index contributed by atoms with van der Waals surface area (Å²) in [5, 5.41) is 7.26. The summed E-state index contributed by atoms with van der Waals surface area (Å²) in [5.74, 6) is 0.720. The second-order valence-corrected chi connectivity index (χ2v) is 7.35. The van der Waals surface area contributed by atoms with Crippen LogP contribution in [-0.2, 0) is 10.1 Å². The number of rotatable bonds is 8. The van der Waals surface area contributed by atoms with E-state index < -0.39 is 10.1 Å². The molecule has 2 rings (SSSR count). The van der Waals surface area contributed by atoms with E-state index in [0.29, 0.717) is 25.2 Å². The molecule has 26 heavy (non-hydrogen) atoms. The van der Waals surface area contributed by atoms with Crippen LogP contribution in [-0.4, -0.2) is 20.9 Å². The molecule has 0 radical (unpaired) electrons. The summed E-state index contributed by atoms with van der Waals surface area (Å²) >= 11 is 5.94. The average Bonchev–Trinajstić information content (AvgIpc) is 2.50. The first kappa shape index (κ1) is 22.1. The number of benzene rings is 2. The largest absolute Gasteiger partial charge is 0.493 e. The molecule has 2 aromatic rings. The number of ether oxygens (including phenoxy) is 1. The Morgan fingerprint density at radius 1 is 1.19 bits per heavy atom. The van der Waals surface area contributed by atoms with Gasteiger partial charge in [-0.3, -0.25) is 5.41 Å². The zero-order valence-corrected chi connectivity index (χ0v) is 16.5. The van der Waals surface area contributed by atoms with Gasteiger partial charge in [-0.2, -0.15) is 8.42 Å². The molecule has 0 aromatic heterocycles. The van der Waals surface area contributed by atoms with E-state index in [1.54, 1.807) is 31.2 Å². The molecule has 3 N–H and O–H groups in total. The zero-order valence-electron chi connectivity index (χ0n) is 14.1. The molecule has 6 nitrogen and oxygen atoms in total. The maximum absolute atomic E-state index is 12.4. The molecule has 2 aromatic carbocycles. The van der Waals surface area contributed by atoms with Crippen molar-refractivity contribution in [3.05, 3.63) is 53.1 Å². The van der Waals surface area contributed by atoms with Crippen LogP contribution in [0, 0.1) is 12.3 Å². The molecular weight excluding hydrogens is 399 g/mol. The van der Waals surface area contributed by atoms with Crippen molar-refractivity contribution in [2.45, 2.75) is 24.7 Å². The molecule has 9 heteroatoms. The number of nitrogens with two attached hydrogens (primary N) is 1. The summed E-state index contributed by atoms with van der Waals surface area (Å²) in [6.45, 7) is 2.16. The van der Waals surface area contributed by atoms with Crippen molar-refractivity contribution in [1.29, 1.82) is 5.41 Å². The second kappa shape index (κ2) is 9.66. The van der Waals surface area contributed by atoms with Crippen LogP contribution < -0.4 is 14.7 Å². The van der Waals surface area contributed by atoms with E-state index in [9.17, 15) is 8.42 Å². The number of aryl methyl sites for hydroxylation is 1. The Bertz CT molecular complexity index is 873. The number of amidine groups is 1. The van der Waals surface area contributed by atoms with Crippen LogP contribution in [0.2, 0.25) is 5.02 Å². The molecule has 0 amide bonds. The summed E-state index contributed by atoms with van der Waals surface area (Å²) in [7, 11) is -4.05. The Labute approximate surface area is 164 Å². The molecule has 0 fully saturated rings. The quantitative estimate of drug-likeness (QED) is 0.292. The van der Waals surface area contributed by atoms with Crippen molar-refractivity contribution in [3.8, 4) is 11.5 Å². The molecule has 0 bridgehead atoms. The van der Waals surface area contributed by atoms with Crippen LogP contribution in [0.5, 0.6) is 11.5 Å². The van der Waals surface area contributed by atoms with Gasteiger partial charge in [0.25, 0.3) is 0 Å². The van der Waals surface area contributed by atoms with Gasteiger partial charge in [0.15, 0.2) is 0 Å². The average molecular weight is 419 g/mol. The molecule has 0 spiro atoms. The first-order chi connectivity index (χ1) is 11.8. The Kier molecular flexibility index (Phi) is 8.20. The van der Waals surface area contributed by atoms with Crippen molar-refractivity contribution in [1.82, 2.24) is 0 Å². The topological polar surface area (TPSA) is 102 Å². The second-order valence-electron chi connectivity index (χ2n) is 5.43. The number of halogens is 2. The third kappa shape index (κ3) is 6.40. The van der Waals surface area contributed by atoms with Crippen LogP contribution in [0.3, 0.4) is 0 Å². The van der Waals surface area contributed by atoms with Crippen LogP contribution >= 0.6 is 24.0 Å². The fourth-order valence-electron chi connectivity index (χ4n) is 2.12. The smallest absolute Gasteiger partial charge is 0.340 e. The third-order valence-electron chi connectivity index (χ3n) is 3.20. The van der Waals surface area contributed by atoms with Crippen LogP contribution in [0.1, 0.15) is 18.4 Å². The van der Waals surface area contributed by atoms with Crippen molar-refractivity contribution in [2.24, 2.45) is 5.73 Å². The molecule has 0 heterocycles. The maximum Gasteiger partial charge on any atom is 0.340 e. The lowest BCUT2D eigenvalue weighted by Crippen LogP contribution is -2.11. The summed E-state index contributed by atoms with van der Waals surface area (Å²) in [6.07, 6.45) is 1.04. The Balaban J connectivity index is 0.00000338. The Morgan fingerprint density at radius 2 is 1.85 bits per heavy atom. The van der Waals surface area contributed by atoms with Gasteiger partial charge < -0.3 is 14.7 Å². The molecular formula is C17H20Cl2N2O4S. The predicted octanol–water partition coefficient (Wildman–Crippen LogP) is 3.93. The van der Waals surface area contributed by atoms with Crippen molar-refractivity contribution < 1.29 is 17.3 Å². The molecule has 0 unspecified atom stereocenters. The van der Waals surface area contributed by atoms with Gasteiger partial charge in [0.1, 0.15) is 16.4 Å².